The number of carbonyl (C=O) groups is 1. The summed E-state index contributed by atoms with van der Waals surface area (Å²) in [7, 11) is 0. The summed E-state index contributed by atoms with van der Waals surface area (Å²) in [6.07, 6.45) is 2.60. The van der Waals surface area contributed by atoms with Gasteiger partial charge in [-0.3, -0.25) is 4.79 Å². The molecule has 0 radical (unpaired) electrons. The zero-order chi connectivity index (χ0) is 12.8. The van der Waals surface area contributed by atoms with E-state index in [9.17, 15) is 4.79 Å². The van der Waals surface area contributed by atoms with Crippen LogP contribution in [0, 0.1) is 0 Å². The molecule has 0 bridgehead atoms. The molecular formula is C11H14Cl2N2OS. The van der Waals surface area contributed by atoms with Crippen molar-refractivity contribution < 1.29 is 4.79 Å². The van der Waals surface area contributed by atoms with Crippen LogP contribution in [0.15, 0.2) is 18.2 Å². The van der Waals surface area contributed by atoms with Gasteiger partial charge in [0.1, 0.15) is 0 Å². The van der Waals surface area contributed by atoms with Crippen molar-refractivity contribution in [3.8, 4) is 0 Å². The molecule has 1 atom stereocenters. The van der Waals surface area contributed by atoms with Gasteiger partial charge < -0.3 is 11.1 Å². The van der Waals surface area contributed by atoms with Crippen LogP contribution in [0.4, 0.5) is 5.69 Å². The average Bonchev–Trinajstić information content (AvgIpc) is 2.31. The van der Waals surface area contributed by atoms with Crippen LogP contribution in [0.1, 0.15) is 6.42 Å². The van der Waals surface area contributed by atoms with Crippen LogP contribution < -0.4 is 11.1 Å². The summed E-state index contributed by atoms with van der Waals surface area (Å²) in [5.41, 5.74) is 6.23. The van der Waals surface area contributed by atoms with Gasteiger partial charge >= 0.3 is 0 Å². The number of hydrogen-bond donors (Lipinski definition) is 2. The van der Waals surface area contributed by atoms with Gasteiger partial charge in [0.25, 0.3) is 0 Å². The van der Waals surface area contributed by atoms with E-state index in [4.69, 9.17) is 28.9 Å². The number of nitrogens with two attached hydrogens (primary N) is 1. The van der Waals surface area contributed by atoms with Crippen molar-refractivity contribution in [3.05, 3.63) is 28.2 Å². The van der Waals surface area contributed by atoms with E-state index < -0.39 is 6.04 Å². The number of halogens is 2. The molecule has 94 valence electrons. The maximum Gasteiger partial charge on any atom is 0.241 e. The summed E-state index contributed by atoms with van der Waals surface area (Å²) >= 11 is 13.4. The third-order valence-electron chi connectivity index (χ3n) is 2.18. The number of benzene rings is 1. The van der Waals surface area contributed by atoms with Crippen LogP contribution in [0.5, 0.6) is 0 Å². The molecule has 3 N–H and O–H groups in total. The molecule has 3 nitrogen and oxygen atoms in total. The molecule has 0 aliphatic carbocycles. The van der Waals surface area contributed by atoms with E-state index in [2.05, 4.69) is 5.32 Å². The lowest BCUT2D eigenvalue weighted by molar-refractivity contribution is -0.117. The summed E-state index contributed by atoms with van der Waals surface area (Å²) in [5, 5.41) is 3.41. The molecule has 0 spiro atoms. The van der Waals surface area contributed by atoms with Crippen LogP contribution in [-0.2, 0) is 4.79 Å². The van der Waals surface area contributed by atoms with Gasteiger partial charge in [0.2, 0.25) is 5.91 Å². The Morgan fingerprint density at radius 3 is 2.88 bits per heavy atom. The second-order valence-corrected chi connectivity index (χ2v) is 5.25. The van der Waals surface area contributed by atoms with Crippen LogP contribution in [0.3, 0.4) is 0 Å². The summed E-state index contributed by atoms with van der Waals surface area (Å²) < 4.78 is 0. The maximum atomic E-state index is 11.7. The monoisotopic (exact) mass is 292 g/mol. The zero-order valence-corrected chi connectivity index (χ0v) is 11.7. The fourth-order valence-corrected chi connectivity index (χ4v) is 2.04. The first-order valence-electron chi connectivity index (χ1n) is 5.05. The van der Waals surface area contributed by atoms with E-state index in [1.807, 2.05) is 6.26 Å². The first-order valence-corrected chi connectivity index (χ1v) is 7.20. The second kappa shape index (κ2) is 7.11. The van der Waals surface area contributed by atoms with Crippen LogP contribution in [0.25, 0.3) is 0 Å². The molecule has 1 aromatic rings. The lowest BCUT2D eigenvalue weighted by Gasteiger charge is -2.12. The number of amides is 1. The van der Waals surface area contributed by atoms with E-state index in [-0.39, 0.29) is 5.91 Å². The number of thioether (sulfide) groups is 1. The molecule has 17 heavy (non-hydrogen) atoms. The second-order valence-electron chi connectivity index (χ2n) is 3.48. The van der Waals surface area contributed by atoms with Gasteiger partial charge in [-0.2, -0.15) is 11.8 Å². The molecule has 0 saturated heterocycles. The lowest BCUT2D eigenvalue weighted by atomic mass is 10.2. The van der Waals surface area contributed by atoms with Crippen molar-refractivity contribution in [3.63, 3.8) is 0 Å². The predicted molar refractivity (Wildman–Crippen MR) is 76.1 cm³/mol. The summed E-state index contributed by atoms with van der Waals surface area (Å²) in [6, 6.07) is 4.54. The van der Waals surface area contributed by atoms with Gasteiger partial charge in [-0.05, 0) is 30.6 Å². The molecule has 0 aliphatic heterocycles. The number of anilines is 1. The van der Waals surface area contributed by atoms with Crippen molar-refractivity contribution >= 4 is 46.6 Å². The SMILES string of the molecule is CSCC[C@@H](N)C(=O)Nc1cccc(Cl)c1Cl. The van der Waals surface area contributed by atoms with E-state index in [0.717, 1.165) is 5.75 Å². The molecule has 0 fully saturated rings. The van der Waals surface area contributed by atoms with Crippen LogP contribution >= 0.6 is 35.0 Å². The molecule has 0 heterocycles. The number of nitrogens with one attached hydrogen (secondary N) is 1. The predicted octanol–water partition coefficient (Wildman–Crippen LogP) is 3.01. The first kappa shape index (κ1) is 14.6. The van der Waals surface area contributed by atoms with E-state index in [0.29, 0.717) is 22.2 Å². The largest absolute Gasteiger partial charge is 0.323 e. The fraction of sp³-hybridized carbons (Fsp3) is 0.364. The molecule has 0 aliphatic rings. The van der Waals surface area contributed by atoms with Gasteiger partial charge in [-0.1, -0.05) is 29.3 Å². The summed E-state index contributed by atoms with van der Waals surface area (Å²) in [6.45, 7) is 0. The molecular weight excluding hydrogens is 279 g/mol. The fourth-order valence-electron chi connectivity index (χ4n) is 1.20. The topological polar surface area (TPSA) is 55.1 Å². The van der Waals surface area contributed by atoms with E-state index in [1.165, 1.54) is 0 Å². The molecule has 0 saturated carbocycles. The number of hydrogen-bond acceptors (Lipinski definition) is 3. The minimum absolute atomic E-state index is 0.247. The Hall–Kier alpha value is -0.420. The normalized spacial score (nSPS) is 12.2. The Labute approximate surface area is 115 Å². The van der Waals surface area contributed by atoms with E-state index in [1.54, 1.807) is 30.0 Å². The Kier molecular flexibility index (Phi) is 6.12. The van der Waals surface area contributed by atoms with Crippen molar-refractivity contribution in [1.82, 2.24) is 0 Å². The van der Waals surface area contributed by atoms with E-state index >= 15 is 0 Å². The highest BCUT2D eigenvalue weighted by Gasteiger charge is 2.14. The van der Waals surface area contributed by atoms with Crippen LogP contribution in [0.2, 0.25) is 10.0 Å². The van der Waals surface area contributed by atoms with Crippen LogP contribution in [-0.4, -0.2) is 24.0 Å². The Morgan fingerprint density at radius 1 is 1.53 bits per heavy atom. The highest BCUT2D eigenvalue weighted by Crippen LogP contribution is 2.29. The highest BCUT2D eigenvalue weighted by atomic mass is 35.5. The van der Waals surface area contributed by atoms with Gasteiger partial charge in [0.15, 0.2) is 0 Å². The number of carbonyl (C=O) groups excluding carboxylic acids is 1. The molecule has 1 aromatic carbocycles. The van der Waals surface area contributed by atoms with Gasteiger partial charge in [-0.25, -0.2) is 0 Å². The quantitative estimate of drug-likeness (QED) is 0.877. The molecule has 1 amide bonds. The van der Waals surface area contributed by atoms with Crippen molar-refractivity contribution in [2.24, 2.45) is 5.73 Å². The molecule has 6 heteroatoms. The average molecular weight is 293 g/mol. The molecule has 1 rings (SSSR count). The highest BCUT2D eigenvalue weighted by molar-refractivity contribution is 7.98. The maximum absolute atomic E-state index is 11.7. The van der Waals surface area contributed by atoms with Gasteiger partial charge in [-0.15, -0.1) is 0 Å². The number of rotatable bonds is 5. The molecule has 0 unspecified atom stereocenters. The Morgan fingerprint density at radius 2 is 2.24 bits per heavy atom. The lowest BCUT2D eigenvalue weighted by Crippen LogP contribution is -2.36. The Bertz CT molecular complexity index is 401. The van der Waals surface area contributed by atoms with Gasteiger partial charge in [0, 0.05) is 0 Å². The van der Waals surface area contributed by atoms with Crippen molar-refractivity contribution in [2.75, 3.05) is 17.3 Å². The first-order chi connectivity index (χ1) is 8.06. The third kappa shape index (κ3) is 4.39. The van der Waals surface area contributed by atoms with Crippen molar-refractivity contribution in [2.45, 2.75) is 12.5 Å². The summed E-state index contributed by atoms with van der Waals surface area (Å²) in [4.78, 5) is 11.7. The minimum Gasteiger partial charge on any atom is -0.323 e. The minimum atomic E-state index is -0.530. The zero-order valence-electron chi connectivity index (χ0n) is 9.37. The Balaban J connectivity index is 2.64. The van der Waals surface area contributed by atoms with Crippen molar-refractivity contribution in [1.29, 1.82) is 0 Å². The third-order valence-corrected chi connectivity index (χ3v) is 3.64. The standard InChI is InChI=1S/C11H14Cl2N2OS/c1-17-6-5-8(14)11(16)15-9-4-2-3-7(12)10(9)13/h2-4,8H,5-6,14H2,1H3,(H,15,16)/t8-/m1/s1. The smallest absolute Gasteiger partial charge is 0.241 e. The summed E-state index contributed by atoms with van der Waals surface area (Å²) in [5.74, 6) is 0.598. The molecule has 0 aromatic heterocycles. The van der Waals surface area contributed by atoms with Gasteiger partial charge in [0.05, 0.1) is 21.8 Å².